The average Bonchev–Trinajstić information content (AvgIpc) is 3.17. The van der Waals surface area contributed by atoms with Gasteiger partial charge in [0.15, 0.2) is 0 Å². The Morgan fingerprint density at radius 3 is 2.50 bits per heavy atom. The Kier molecular flexibility index (Phi) is 9.59. The van der Waals surface area contributed by atoms with Crippen LogP contribution in [-0.2, 0) is 14.3 Å². The molecular formula is C14H27ClN2O3. The lowest BCUT2D eigenvalue weighted by Crippen LogP contribution is -2.41. The van der Waals surface area contributed by atoms with Gasteiger partial charge >= 0.3 is 5.97 Å². The number of esters is 1. The molecule has 0 saturated heterocycles. The number of nitrogens with one attached hydrogen (secondary N) is 1. The molecule has 0 spiro atoms. The monoisotopic (exact) mass is 306 g/mol. The Morgan fingerprint density at radius 2 is 2.00 bits per heavy atom. The molecule has 0 aromatic rings. The fourth-order valence-corrected chi connectivity index (χ4v) is 1.90. The summed E-state index contributed by atoms with van der Waals surface area (Å²) in [5.41, 5.74) is 0. The lowest BCUT2D eigenvalue weighted by molar-refractivity contribution is -0.141. The van der Waals surface area contributed by atoms with E-state index in [1.807, 2.05) is 0 Å². The Bertz CT molecular complexity index is 307. The van der Waals surface area contributed by atoms with Crippen molar-refractivity contribution in [3.63, 3.8) is 0 Å². The van der Waals surface area contributed by atoms with Crippen molar-refractivity contribution in [1.82, 2.24) is 10.2 Å². The van der Waals surface area contributed by atoms with Gasteiger partial charge in [-0.15, -0.1) is 12.4 Å². The van der Waals surface area contributed by atoms with E-state index in [0.717, 1.165) is 12.5 Å². The van der Waals surface area contributed by atoms with Gasteiger partial charge in [-0.2, -0.15) is 0 Å². The molecule has 1 aliphatic rings. The van der Waals surface area contributed by atoms with Crippen molar-refractivity contribution in [3.8, 4) is 0 Å². The smallest absolute Gasteiger partial charge is 0.307 e. The number of carbonyl (C=O) groups excluding carboxylic acids is 2. The zero-order valence-corrected chi connectivity index (χ0v) is 13.5. The van der Waals surface area contributed by atoms with Gasteiger partial charge in [-0.3, -0.25) is 9.59 Å². The number of amides is 1. The fourth-order valence-electron chi connectivity index (χ4n) is 1.90. The van der Waals surface area contributed by atoms with Crippen LogP contribution in [0.4, 0.5) is 0 Å². The van der Waals surface area contributed by atoms with E-state index in [1.165, 1.54) is 20.0 Å². The maximum atomic E-state index is 12.1. The highest BCUT2D eigenvalue weighted by atomic mass is 35.5. The maximum absolute atomic E-state index is 12.1. The summed E-state index contributed by atoms with van der Waals surface area (Å²) in [5.74, 6) is 0.956. The second-order valence-electron chi connectivity index (χ2n) is 5.63. The number of hydrogen-bond donors (Lipinski definition) is 1. The summed E-state index contributed by atoms with van der Waals surface area (Å²) in [4.78, 5) is 25.0. The van der Waals surface area contributed by atoms with Crippen LogP contribution in [0.5, 0.6) is 0 Å². The number of nitrogens with zero attached hydrogens (tertiary/aromatic N) is 1. The van der Waals surface area contributed by atoms with Crippen molar-refractivity contribution in [1.29, 1.82) is 0 Å². The highest BCUT2D eigenvalue weighted by Crippen LogP contribution is 2.27. The maximum Gasteiger partial charge on any atom is 0.307 e. The first kappa shape index (κ1) is 19.2. The quantitative estimate of drug-likeness (QED) is 0.655. The SMILES string of the molecule is COC(=O)CCN(CC(C)C)C(=O)CNCC1CC1.Cl. The molecule has 1 amide bonds. The molecule has 5 nitrogen and oxygen atoms in total. The van der Waals surface area contributed by atoms with E-state index in [-0.39, 0.29) is 30.7 Å². The molecule has 6 heteroatoms. The van der Waals surface area contributed by atoms with Crippen molar-refractivity contribution in [2.24, 2.45) is 11.8 Å². The average molecular weight is 307 g/mol. The molecule has 0 radical (unpaired) electrons. The third-order valence-corrected chi connectivity index (χ3v) is 3.16. The lowest BCUT2D eigenvalue weighted by atomic mass is 10.2. The summed E-state index contributed by atoms with van der Waals surface area (Å²) in [6, 6.07) is 0. The number of hydrogen-bond acceptors (Lipinski definition) is 4. The lowest BCUT2D eigenvalue weighted by Gasteiger charge is -2.24. The van der Waals surface area contributed by atoms with Crippen LogP contribution >= 0.6 is 12.4 Å². The van der Waals surface area contributed by atoms with Crippen LogP contribution in [0.1, 0.15) is 33.1 Å². The molecule has 0 atom stereocenters. The van der Waals surface area contributed by atoms with Crippen LogP contribution < -0.4 is 5.32 Å². The van der Waals surface area contributed by atoms with Crippen LogP contribution in [0.15, 0.2) is 0 Å². The molecule has 1 rings (SSSR count). The van der Waals surface area contributed by atoms with Crippen LogP contribution in [0.25, 0.3) is 0 Å². The van der Waals surface area contributed by atoms with Gasteiger partial charge in [0.2, 0.25) is 5.91 Å². The van der Waals surface area contributed by atoms with Crippen molar-refractivity contribution in [2.45, 2.75) is 33.1 Å². The largest absolute Gasteiger partial charge is 0.469 e. The number of carbonyl (C=O) groups is 2. The Labute approximate surface area is 127 Å². The molecule has 1 N–H and O–H groups in total. The highest BCUT2D eigenvalue weighted by molar-refractivity contribution is 5.85. The molecule has 20 heavy (non-hydrogen) atoms. The minimum atomic E-state index is -0.271. The van der Waals surface area contributed by atoms with E-state index < -0.39 is 0 Å². The topological polar surface area (TPSA) is 58.6 Å². The first-order valence-corrected chi connectivity index (χ1v) is 7.08. The second-order valence-corrected chi connectivity index (χ2v) is 5.63. The molecule has 1 fully saturated rings. The summed E-state index contributed by atoms with van der Waals surface area (Å²) in [5, 5.41) is 3.20. The van der Waals surface area contributed by atoms with Gasteiger partial charge in [0.05, 0.1) is 20.1 Å². The predicted octanol–water partition coefficient (Wildman–Crippen LogP) is 1.46. The van der Waals surface area contributed by atoms with E-state index in [1.54, 1.807) is 4.90 Å². The first-order chi connectivity index (χ1) is 9.02. The van der Waals surface area contributed by atoms with Gasteiger partial charge < -0.3 is 15.0 Å². The van der Waals surface area contributed by atoms with Crippen LogP contribution in [0.2, 0.25) is 0 Å². The number of halogens is 1. The molecule has 0 bridgehead atoms. The second kappa shape index (κ2) is 10.00. The first-order valence-electron chi connectivity index (χ1n) is 7.08. The molecule has 0 unspecified atom stereocenters. The minimum absolute atomic E-state index is 0. The zero-order valence-electron chi connectivity index (χ0n) is 12.7. The summed E-state index contributed by atoms with van der Waals surface area (Å²) >= 11 is 0. The molecule has 1 saturated carbocycles. The molecule has 0 aromatic heterocycles. The fraction of sp³-hybridized carbons (Fsp3) is 0.857. The highest BCUT2D eigenvalue weighted by Gasteiger charge is 2.22. The van der Waals surface area contributed by atoms with Gasteiger partial charge in [0.25, 0.3) is 0 Å². The molecule has 118 valence electrons. The van der Waals surface area contributed by atoms with Gasteiger partial charge in [0.1, 0.15) is 0 Å². The number of ether oxygens (including phenoxy) is 1. The normalized spacial score (nSPS) is 13.8. The van der Waals surface area contributed by atoms with Crippen LogP contribution in [0.3, 0.4) is 0 Å². The molecular weight excluding hydrogens is 280 g/mol. The summed E-state index contributed by atoms with van der Waals surface area (Å²) < 4.78 is 4.61. The van der Waals surface area contributed by atoms with E-state index in [4.69, 9.17) is 0 Å². The third kappa shape index (κ3) is 8.38. The standard InChI is InChI=1S/C14H26N2O3.ClH/c1-11(2)10-16(7-6-14(18)19-3)13(17)9-15-8-12-4-5-12;/h11-12,15H,4-10H2,1-3H3;1H. The Hall–Kier alpha value is -0.810. The van der Waals surface area contributed by atoms with E-state index in [2.05, 4.69) is 23.9 Å². The van der Waals surface area contributed by atoms with Gasteiger partial charge in [-0.25, -0.2) is 0 Å². The predicted molar refractivity (Wildman–Crippen MR) is 80.9 cm³/mol. The molecule has 0 aromatic carbocycles. The van der Waals surface area contributed by atoms with E-state index >= 15 is 0 Å². The summed E-state index contributed by atoms with van der Waals surface area (Å²) in [6.45, 7) is 6.55. The third-order valence-electron chi connectivity index (χ3n) is 3.16. The van der Waals surface area contributed by atoms with E-state index in [0.29, 0.717) is 25.6 Å². The summed E-state index contributed by atoms with van der Waals surface area (Å²) in [7, 11) is 1.37. The molecule has 0 aliphatic heterocycles. The van der Waals surface area contributed by atoms with E-state index in [9.17, 15) is 9.59 Å². The molecule has 1 aliphatic carbocycles. The Balaban J connectivity index is 0.00000361. The zero-order chi connectivity index (χ0) is 14.3. The van der Waals surface area contributed by atoms with Gasteiger partial charge in [-0.1, -0.05) is 13.8 Å². The number of methoxy groups -OCH3 is 1. The van der Waals surface area contributed by atoms with Crippen molar-refractivity contribution in [2.75, 3.05) is 33.3 Å². The van der Waals surface area contributed by atoms with Crippen LogP contribution in [-0.4, -0.2) is 50.1 Å². The van der Waals surface area contributed by atoms with Gasteiger partial charge in [0, 0.05) is 13.1 Å². The van der Waals surface area contributed by atoms with Crippen molar-refractivity contribution >= 4 is 24.3 Å². The van der Waals surface area contributed by atoms with Crippen LogP contribution in [0, 0.1) is 11.8 Å². The molecule has 0 heterocycles. The van der Waals surface area contributed by atoms with Gasteiger partial charge in [-0.05, 0) is 31.2 Å². The number of rotatable bonds is 9. The van der Waals surface area contributed by atoms with Crippen molar-refractivity contribution in [3.05, 3.63) is 0 Å². The van der Waals surface area contributed by atoms with Crippen molar-refractivity contribution < 1.29 is 14.3 Å². The minimum Gasteiger partial charge on any atom is -0.469 e. The summed E-state index contributed by atoms with van der Waals surface area (Å²) in [6.07, 6.45) is 2.82. The Morgan fingerprint density at radius 1 is 1.35 bits per heavy atom.